The highest BCUT2D eigenvalue weighted by Gasteiger charge is 2.33. The predicted octanol–water partition coefficient (Wildman–Crippen LogP) is 2.21. The van der Waals surface area contributed by atoms with Crippen LogP contribution in [0.1, 0.15) is 46.0 Å². The molecule has 0 aromatic heterocycles. The van der Waals surface area contributed by atoms with Crippen molar-refractivity contribution in [1.82, 2.24) is 14.5 Å². The monoisotopic (exact) mass is 496 g/mol. The Hall–Kier alpha value is -2.11. The van der Waals surface area contributed by atoms with Crippen molar-refractivity contribution in [1.29, 1.82) is 0 Å². The lowest BCUT2D eigenvalue weighted by Gasteiger charge is -2.36. The maximum Gasteiger partial charge on any atom is 0.243 e. The van der Waals surface area contributed by atoms with E-state index in [2.05, 4.69) is 10.6 Å². The Morgan fingerprint density at radius 3 is 2.55 bits per heavy atom. The van der Waals surface area contributed by atoms with Crippen LogP contribution in [0.4, 0.5) is 5.69 Å². The van der Waals surface area contributed by atoms with E-state index in [0.717, 1.165) is 37.4 Å². The van der Waals surface area contributed by atoms with Gasteiger partial charge in [-0.1, -0.05) is 32.8 Å². The first kappa shape index (κ1) is 25.5. The van der Waals surface area contributed by atoms with E-state index in [1.54, 1.807) is 17.0 Å². The molecule has 11 heteroatoms. The van der Waals surface area contributed by atoms with Gasteiger partial charge in [-0.15, -0.1) is 11.8 Å². The molecule has 2 heterocycles. The zero-order chi connectivity index (χ0) is 24.0. The number of hydrogen-bond donors (Lipinski definition) is 2. The van der Waals surface area contributed by atoms with Crippen LogP contribution in [0.25, 0.3) is 0 Å². The summed E-state index contributed by atoms with van der Waals surface area (Å²) in [5, 5.41) is 5.48. The van der Waals surface area contributed by atoms with Crippen LogP contribution < -0.4 is 10.6 Å². The van der Waals surface area contributed by atoms with Crippen molar-refractivity contribution >= 4 is 45.2 Å². The Kier molecular flexibility index (Phi) is 8.77. The van der Waals surface area contributed by atoms with Crippen molar-refractivity contribution in [2.24, 2.45) is 5.92 Å². The highest BCUT2D eigenvalue weighted by atomic mass is 32.2. The fourth-order valence-electron chi connectivity index (χ4n) is 3.88. The van der Waals surface area contributed by atoms with Crippen LogP contribution in [0.15, 0.2) is 29.2 Å². The number of anilines is 1. The number of benzene rings is 1. The molecule has 2 fully saturated rings. The summed E-state index contributed by atoms with van der Waals surface area (Å²) in [5.74, 6) is -0.743. The largest absolute Gasteiger partial charge is 0.327 e. The van der Waals surface area contributed by atoms with Crippen molar-refractivity contribution in [2.75, 3.05) is 30.7 Å². The van der Waals surface area contributed by atoms with Crippen molar-refractivity contribution in [2.45, 2.75) is 56.3 Å². The first-order chi connectivity index (χ1) is 15.7. The molecule has 0 saturated carbocycles. The molecular formula is C22H32N4O5S2. The first-order valence-corrected chi connectivity index (χ1v) is 13.8. The second-order valence-electron chi connectivity index (χ2n) is 8.74. The minimum atomic E-state index is -3.62. The highest BCUT2D eigenvalue weighted by molar-refractivity contribution is 8.00. The number of nitrogens with one attached hydrogen (secondary N) is 2. The number of amides is 3. The Morgan fingerprint density at radius 2 is 1.88 bits per heavy atom. The van der Waals surface area contributed by atoms with Gasteiger partial charge in [-0.25, -0.2) is 8.42 Å². The fourth-order valence-corrected chi connectivity index (χ4v) is 6.42. The summed E-state index contributed by atoms with van der Waals surface area (Å²) >= 11 is 1.15. The smallest absolute Gasteiger partial charge is 0.243 e. The molecule has 1 aromatic rings. The zero-order valence-corrected chi connectivity index (χ0v) is 20.7. The molecule has 1 atom stereocenters. The predicted molar refractivity (Wildman–Crippen MR) is 128 cm³/mol. The van der Waals surface area contributed by atoms with Gasteiger partial charge in [0.05, 0.1) is 10.6 Å². The molecule has 2 aliphatic heterocycles. The standard InChI is InChI=1S/C22H32N4O5S2/c1-16(2)14-26-21(29)13-19(27)24-22(26)32-15-20(28)23-17-8-7-9-18(12-17)33(30,31)25-10-5-3-4-6-11-25/h7-9,12,16,22H,3-6,10-11,13-15H2,1-2H3,(H,23,28)(H,24,27). The molecule has 1 unspecified atom stereocenters. The summed E-state index contributed by atoms with van der Waals surface area (Å²) in [6, 6.07) is 6.26. The summed E-state index contributed by atoms with van der Waals surface area (Å²) in [7, 11) is -3.62. The van der Waals surface area contributed by atoms with Gasteiger partial charge in [0.1, 0.15) is 6.42 Å². The van der Waals surface area contributed by atoms with Crippen LogP contribution in [-0.4, -0.2) is 66.2 Å². The number of carbonyl (C=O) groups is 3. The number of sulfonamides is 1. The van der Waals surface area contributed by atoms with E-state index >= 15 is 0 Å². The van der Waals surface area contributed by atoms with Gasteiger partial charge in [0.25, 0.3) is 0 Å². The number of thioether (sulfide) groups is 1. The third-order valence-corrected chi connectivity index (χ3v) is 8.47. The SMILES string of the molecule is CC(C)CN1C(=O)CC(=O)NC1SCC(=O)Nc1cccc(S(=O)(=O)N2CCCCCC2)c1. The van der Waals surface area contributed by atoms with Gasteiger partial charge in [-0.2, -0.15) is 4.31 Å². The van der Waals surface area contributed by atoms with Crippen LogP contribution >= 0.6 is 11.8 Å². The normalized spacial score (nSPS) is 20.5. The minimum absolute atomic E-state index is 0.00404. The zero-order valence-electron chi connectivity index (χ0n) is 19.1. The van der Waals surface area contributed by atoms with E-state index in [4.69, 9.17) is 0 Å². The third-order valence-electron chi connectivity index (χ3n) is 5.45. The molecular weight excluding hydrogens is 464 g/mol. The van der Waals surface area contributed by atoms with E-state index in [0.29, 0.717) is 25.3 Å². The second kappa shape index (κ2) is 11.3. The Balaban J connectivity index is 1.62. The Bertz CT molecular complexity index is 975. The van der Waals surface area contributed by atoms with Crippen LogP contribution in [0.3, 0.4) is 0 Å². The lowest BCUT2D eigenvalue weighted by molar-refractivity contribution is -0.142. The van der Waals surface area contributed by atoms with Crippen LogP contribution in [-0.2, 0) is 24.4 Å². The highest BCUT2D eigenvalue weighted by Crippen LogP contribution is 2.24. The molecule has 33 heavy (non-hydrogen) atoms. The molecule has 0 aliphatic carbocycles. The molecule has 0 radical (unpaired) electrons. The molecule has 182 valence electrons. The molecule has 1 aromatic carbocycles. The van der Waals surface area contributed by atoms with E-state index < -0.39 is 15.5 Å². The van der Waals surface area contributed by atoms with E-state index in [1.807, 2.05) is 13.8 Å². The molecule has 3 amide bonds. The van der Waals surface area contributed by atoms with Crippen molar-refractivity contribution < 1.29 is 22.8 Å². The average Bonchev–Trinajstić information content (AvgIpc) is 3.04. The minimum Gasteiger partial charge on any atom is -0.327 e. The van der Waals surface area contributed by atoms with Crippen molar-refractivity contribution in [3.8, 4) is 0 Å². The summed E-state index contributed by atoms with van der Waals surface area (Å²) < 4.78 is 27.6. The van der Waals surface area contributed by atoms with Gasteiger partial charge in [-0.05, 0) is 37.0 Å². The van der Waals surface area contributed by atoms with Gasteiger partial charge in [0, 0.05) is 25.3 Å². The van der Waals surface area contributed by atoms with Gasteiger partial charge < -0.3 is 15.5 Å². The van der Waals surface area contributed by atoms with Crippen LogP contribution in [0, 0.1) is 5.92 Å². The quantitative estimate of drug-likeness (QED) is 0.533. The summed E-state index contributed by atoms with van der Waals surface area (Å²) in [6.07, 6.45) is 3.57. The molecule has 2 saturated heterocycles. The van der Waals surface area contributed by atoms with E-state index in [-0.39, 0.29) is 40.7 Å². The Morgan fingerprint density at radius 1 is 1.18 bits per heavy atom. The number of hydrogen-bond acceptors (Lipinski definition) is 6. The summed E-state index contributed by atoms with van der Waals surface area (Å²) in [4.78, 5) is 38.3. The molecule has 2 aliphatic rings. The van der Waals surface area contributed by atoms with Crippen molar-refractivity contribution in [3.05, 3.63) is 24.3 Å². The average molecular weight is 497 g/mol. The van der Waals surface area contributed by atoms with Crippen molar-refractivity contribution in [3.63, 3.8) is 0 Å². The number of nitrogens with zero attached hydrogens (tertiary/aromatic N) is 2. The molecule has 0 bridgehead atoms. The van der Waals surface area contributed by atoms with Crippen LogP contribution in [0.2, 0.25) is 0 Å². The molecule has 9 nitrogen and oxygen atoms in total. The fraction of sp³-hybridized carbons (Fsp3) is 0.591. The third kappa shape index (κ3) is 6.94. The van der Waals surface area contributed by atoms with E-state index in [1.165, 1.54) is 16.4 Å². The summed E-state index contributed by atoms with van der Waals surface area (Å²) in [5.41, 5.74) is -0.221. The lowest BCUT2D eigenvalue weighted by Crippen LogP contribution is -2.56. The first-order valence-electron chi connectivity index (χ1n) is 11.3. The van der Waals surface area contributed by atoms with Gasteiger partial charge in [0.2, 0.25) is 27.7 Å². The lowest BCUT2D eigenvalue weighted by atomic mass is 10.2. The maximum absolute atomic E-state index is 13.0. The topological polar surface area (TPSA) is 116 Å². The molecule has 0 spiro atoms. The summed E-state index contributed by atoms with van der Waals surface area (Å²) in [6.45, 7) is 5.45. The van der Waals surface area contributed by atoms with Gasteiger partial charge >= 0.3 is 0 Å². The van der Waals surface area contributed by atoms with Crippen LogP contribution in [0.5, 0.6) is 0 Å². The number of rotatable bonds is 8. The number of carbonyl (C=O) groups excluding carboxylic acids is 3. The van der Waals surface area contributed by atoms with Gasteiger partial charge in [-0.3, -0.25) is 14.4 Å². The Labute approximate surface area is 199 Å². The second-order valence-corrected chi connectivity index (χ2v) is 11.7. The molecule has 2 N–H and O–H groups in total. The van der Waals surface area contributed by atoms with E-state index in [9.17, 15) is 22.8 Å². The molecule has 3 rings (SSSR count). The maximum atomic E-state index is 13.0. The van der Waals surface area contributed by atoms with Gasteiger partial charge in [0.15, 0.2) is 5.50 Å².